The highest BCUT2D eigenvalue weighted by Gasteiger charge is 2.11. The molecule has 2 aromatic carbocycles. The topological polar surface area (TPSA) is 35.2 Å². The van der Waals surface area contributed by atoms with Gasteiger partial charge in [0.05, 0.1) is 12.1 Å². The lowest BCUT2D eigenvalue weighted by Gasteiger charge is -2.15. The van der Waals surface area contributed by atoms with Crippen molar-refractivity contribution in [3.63, 3.8) is 0 Å². The van der Waals surface area contributed by atoms with Crippen LogP contribution in [0, 0.1) is 3.57 Å². The molecule has 2 aromatic rings. The summed E-state index contributed by atoms with van der Waals surface area (Å²) in [5.74, 6) is 0.883. The fourth-order valence-electron chi connectivity index (χ4n) is 1.93. The Morgan fingerprint density at radius 1 is 1.00 bits per heavy atom. The minimum Gasteiger partial charge on any atom is -0.491 e. The third-order valence-corrected chi connectivity index (χ3v) is 3.83. The molecule has 1 atom stereocenters. The minimum absolute atomic E-state index is 0.0961. The standard InChI is InChI=1S/C16H18INO/c1-11(2)19-13-9-7-12(8-10-13)16(18)14-5-3-4-6-15(14)17/h3-11,16H,18H2,1-2H3. The van der Waals surface area contributed by atoms with Gasteiger partial charge in [0.15, 0.2) is 0 Å². The van der Waals surface area contributed by atoms with Crippen LogP contribution in [-0.4, -0.2) is 6.10 Å². The molecule has 0 spiro atoms. The first-order valence-corrected chi connectivity index (χ1v) is 7.42. The summed E-state index contributed by atoms with van der Waals surface area (Å²) in [6.45, 7) is 4.04. The lowest BCUT2D eigenvalue weighted by Crippen LogP contribution is -2.13. The molecule has 0 amide bonds. The zero-order valence-electron chi connectivity index (χ0n) is 11.1. The van der Waals surface area contributed by atoms with Crippen molar-refractivity contribution in [1.82, 2.24) is 0 Å². The van der Waals surface area contributed by atoms with E-state index in [9.17, 15) is 0 Å². The first kappa shape index (κ1) is 14.3. The number of halogens is 1. The Morgan fingerprint density at radius 2 is 1.63 bits per heavy atom. The second-order valence-corrected chi connectivity index (χ2v) is 5.90. The largest absolute Gasteiger partial charge is 0.491 e. The van der Waals surface area contributed by atoms with Crippen LogP contribution in [0.5, 0.6) is 5.75 Å². The van der Waals surface area contributed by atoms with Gasteiger partial charge in [-0.1, -0.05) is 30.3 Å². The van der Waals surface area contributed by atoms with Crippen LogP contribution < -0.4 is 10.5 Å². The molecular weight excluding hydrogens is 349 g/mol. The van der Waals surface area contributed by atoms with E-state index in [0.717, 1.165) is 16.9 Å². The van der Waals surface area contributed by atoms with Gasteiger partial charge in [0.25, 0.3) is 0 Å². The molecule has 1 unspecified atom stereocenters. The van der Waals surface area contributed by atoms with E-state index >= 15 is 0 Å². The molecule has 0 aliphatic heterocycles. The van der Waals surface area contributed by atoms with Crippen LogP contribution in [0.3, 0.4) is 0 Å². The van der Waals surface area contributed by atoms with Crippen molar-refractivity contribution in [3.05, 3.63) is 63.2 Å². The van der Waals surface area contributed by atoms with Gasteiger partial charge in [0.2, 0.25) is 0 Å². The highest BCUT2D eigenvalue weighted by molar-refractivity contribution is 14.1. The molecule has 100 valence electrons. The maximum absolute atomic E-state index is 6.32. The van der Waals surface area contributed by atoms with Crippen molar-refractivity contribution in [1.29, 1.82) is 0 Å². The van der Waals surface area contributed by atoms with Crippen molar-refractivity contribution < 1.29 is 4.74 Å². The van der Waals surface area contributed by atoms with Crippen LogP contribution in [0.15, 0.2) is 48.5 Å². The summed E-state index contributed by atoms with van der Waals surface area (Å²) in [7, 11) is 0. The summed E-state index contributed by atoms with van der Waals surface area (Å²) >= 11 is 2.32. The minimum atomic E-state index is -0.0961. The molecule has 0 aromatic heterocycles. The Kier molecular flexibility index (Phi) is 4.82. The molecule has 0 aliphatic carbocycles. The fraction of sp³-hybridized carbons (Fsp3) is 0.250. The van der Waals surface area contributed by atoms with E-state index in [2.05, 4.69) is 34.7 Å². The number of nitrogens with two attached hydrogens (primary N) is 1. The van der Waals surface area contributed by atoms with Gasteiger partial charge >= 0.3 is 0 Å². The van der Waals surface area contributed by atoms with Gasteiger partial charge in [-0.25, -0.2) is 0 Å². The molecule has 0 fully saturated rings. The van der Waals surface area contributed by atoms with Crippen molar-refractivity contribution in [3.8, 4) is 5.75 Å². The van der Waals surface area contributed by atoms with Crippen molar-refractivity contribution in [2.75, 3.05) is 0 Å². The Bertz CT molecular complexity index is 537. The van der Waals surface area contributed by atoms with E-state index in [1.807, 2.05) is 50.2 Å². The third kappa shape index (κ3) is 3.70. The molecule has 3 heteroatoms. The molecular formula is C16H18INO. The van der Waals surface area contributed by atoms with Gasteiger partial charge in [0.1, 0.15) is 5.75 Å². The van der Waals surface area contributed by atoms with Gasteiger partial charge < -0.3 is 10.5 Å². The monoisotopic (exact) mass is 367 g/mol. The number of hydrogen-bond acceptors (Lipinski definition) is 2. The van der Waals surface area contributed by atoms with Crippen LogP contribution in [0.2, 0.25) is 0 Å². The predicted molar refractivity (Wildman–Crippen MR) is 87.4 cm³/mol. The third-order valence-electron chi connectivity index (χ3n) is 2.85. The van der Waals surface area contributed by atoms with Gasteiger partial charge in [-0.2, -0.15) is 0 Å². The van der Waals surface area contributed by atoms with E-state index in [1.165, 1.54) is 3.57 Å². The molecule has 2 nitrogen and oxygen atoms in total. The van der Waals surface area contributed by atoms with Crippen LogP contribution in [0.1, 0.15) is 31.0 Å². The predicted octanol–water partition coefficient (Wildman–Crippen LogP) is 4.13. The molecule has 2 rings (SSSR count). The highest BCUT2D eigenvalue weighted by atomic mass is 127. The summed E-state index contributed by atoms with van der Waals surface area (Å²) in [4.78, 5) is 0. The first-order chi connectivity index (χ1) is 9.08. The second kappa shape index (κ2) is 6.39. The summed E-state index contributed by atoms with van der Waals surface area (Å²) < 4.78 is 6.83. The van der Waals surface area contributed by atoms with Crippen LogP contribution >= 0.6 is 22.6 Å². The van der Waals surface area contributed by atoms with Gasteiger partial charge in [-0.15, -0.1) is 0 Å². The van der Waals surface area contributed by atoms with Gasteiger partial charge in [0, 0.05) is 3.57 Å². The molecule has 0 radical (unpaired) electrons. The highest BCUT2D eigenvalue weighted by Crippen LogP contribution is 2.25. The second-order valence-electron chi connectivity index (χ2n) is 4.73. The molecule has 0 heterocycles. The van der Waals surface area contributed by atoms with Crippen molar-refractivity contribution >= 4 is 22.6 Å². The van der Waals surface area contributed by atoms with E-state index in [4.69, 9.17) is 10.5 Å². The average molecular weight is 367 g/mol. The molecule has 0 saturated heterocycles. The SMILES string of the molecule is CC(C)Oc1ccc(C(N)c2ccccc2I)cc1. The van der Waals surface area contributed by atoms with E-state index in [1.54, 1.807) is 0 Å². The molecule has 0 aliphatic rings. The summed E-state index contributed by atoms with van der Waals surface area (Å²) in [5, 5.41) is 0. The number of benzene rings is 2. The average Bonchev–Trinajstić information content (AvgIpc) is 2.39. The molecule has 0 bridgehead atoms. The Hall–Kier alpha value is -1.07. The lowest BCUT2D eigenvalue weighted by molar-refractivity contribution is 0.242. The summed E-state index contributed by atoms with van der Waals surface area (Å²) in [6, 6.07) is 16.1. The van der Waals surface area contributed by atoms with Crippen LogP contribution in [0.4, 0.5) is 0 Å². The zero-order chi connectivity index (χ0) is 13.8. The lowest BCUT2D eigenvalue weighted by atomic mass is 10.00. The number of ether oxygens (including phenoxy) is 1. The normalized spacial score (nSPS) is 12.5. The fourth-order valence-corrected chi connectivity index (χ4v) is 2.66. The van der Waals surface area contributed by atoms with Gasteiger partial charge in [-0.05, 0) is 65.8 Å². The Morgan fingerprint density at radius 3 is 2.21 bits per heavy atom. The Balaban J connectivity index is 2.20. The van der Waals surface area contributed by atoms with Crippen LogP contribution in [0.25, 0.3) is 0 Å². The first-order valence-electron chi connectivity index (χ1n) is 6.34. The molecule has 2 N–H and O–H groups in total. The van der Waals surface area contributed by atoms with E-state index in [0.29, 0.717) is 0 Å². The van der Waals surface area contributed by atoms with Crippen LogP contribution in [-0.2, 0) is 0 Å². The molecule has 0 saturated carbocycles. The zero-order valence-corrected chi connectivity index (χ0v) is 13.3. The number of hydrogen-bond donors (Lipinski definition) is 1. The maximum Gasteiger partial charge on any atom is 0.119 e. The molecule has 19 heavy (non-hydrogen) atoms. The maximum atomic E-state index is 6.32. The smallest absolute Gasteiger partial charge is 0.119 e. The van der Waals surface area contributed by atoms with Crippen molar-refractivity contribution in [2.45, 2.75) is 26.0 Å². The Labute approximate surface area is 128 Å². The van der Waals surface area contributed by atoms with E-state index < -0.39 is 0 Å². The summed E-state index contributed by atoms with van der Waals surface area (Å²) in [5.41, 5.74) is 8.57. The van der Waals surface area contributed by atoms with Gasteiger partial charge in [-0.3, -0.25) is 0 Å². The summed E-state index contributed by atoms with van der Waals surface area (Å²) in [6.07, 6.45) is 0.189. The van der Waals surface area contributed by atoms with Crippen molar-refractivity contribution in [2.24, 2.45) is 5.73 Å². The number of rotatable bonds is 4. The quantitative estimate of drug-likeness (QED) is 0.825. The van der Waals surface area contributed by atoms with E-state index in [-0.39, 0.29) is 12.1 Å².